The topological polar surface area (TPSA) is 88.1 Å². The van der Waals surface area contributed by atoms with Crippen molar-refractivity contribution in [1.82, 2.24) is 0 Å². The molecule has 0 spiro atoms. The number of thiophene rings is 2. The minimum absolute atomic E-state index is 0.304. The van der Waals surface area contributed by atoms with E-state index in [1.807, 2.05) is 24.4 Å². The first-order valence-corrected chi connectivity index (χ1v) is 8.19. The number of nitrogens with one attached hydrogen (secondary N) is 1. The van der Waals surface area contributed by atoms with Crippen molar-refractivity contribution < 1.29 is 9.53 Å². The molecule has 0 aromatic carbocycles. The van der Waals surface area contributed by atoms with Crippen molar-refractivity contribution in [2.24, 2.45) is 0 Å². The van der Waals surface area contributed by atoms with Gasteiger partial charge in [0.25, 0.3) is 0 Å². The number of nitrogen functional groups attached to an aromatic ring is 1. The third-order valence-corrected chi connectivity index (χ3v) is 5.58. The molecule has 0 unspecified atom stereocenters. The van der Waals surface area contributed by atoms with Crippen molar-refractivity contribution in [2.75, 3.05) is 18.2 Å². The Bertz CT molecular complexity index is 813. The molecule has 3 N–H and O–H groups in total. The Morgan fingerprint density at radius 1 is 1.55 bits per heavy atom. The van der Waals surface area contributed by atoms with Crippen LogP contribution in [0.1, 0.15) is 28.2 Å². The summed E-state index contributed by atoms with van der Waals surface area (Å²) in [6.07, 6.45) is 0. The van der Waals surface area contributed by atoms with Crippen molar-refractivity contribution in [2.45, 2.75) is 12.8 Å². The van der Waals surface area contributed by atoms with Gasteiger partial charge in [0.2, 0.25) is 0 Å². The van der Waals surface area contributed by atoms with Gasteiger partial charge in [-0.15, -0.1) is 22.7 Å². The minimum Gasteiger partial charge on any atom is -0.466 e. The van der Waals surface area contributed by atoms with Crippen molar-refractivity contribution in [3.63, 3.8) is 0 Å². The van der Waals surface area contributed by atoms with Gasteiger partial charge in [0, 0.05) is 16.1 Å². The van der Waals surface area contributed by atoms with E-state index in [9.17, 15) is 10.1 Å². The van der Waals surface area contributed by atoms with Crippen LogP contribution in [-0.2, 0) is 9.53 Å². The predicted octanol–water partition coefficient (Wildman–Crippen LogP) is 3.27. The van der Waals surface area contributed by atoms with Gasteiger partial charge in [-0.3, -0.25) is 0 Å². The van der Waals surface area contributed by atoms with Crippen LogP contribution in [0.25, 0.3) is 0 Å². The third-order valence-electron chi connectivity index (χ3n) is 3.60. The molecule has 0 saturated carbocycles. The molecule has 3 rings (SSSR count). The Balaban J connectivity index is 2.27. The largest absolute Gasteiger partial charge is 0.466 e. The van der Waals surface area contributed by atoms with Gasteiger partial charge in [-0.1, -0.05) is 6.07 Å². The number of rotatable bonds is 2. The molecule has 0 amide bonds. The molecule has 0 bridgehead atoms. The van der Waals surface area contributed by atoms with Crippen LogP contribution in [0.4, 0.5) is 10.7 Å². The number of nitrogens with two attached hydrogens (primary N) is 1. The molecule has 112 valence electrons. The van der Waals surface area contributed by atoms with Crippen LogP contribution in [0.2, 0.25) is 0 Å². The number of anilines is 2. The summed E-state index contributed by atoms with van der Waals surface area (Å²) in [6.45, 7) is 1.83. The average molecular weight is 331 g/mol. The molecular weight excluding hydrogens is 318 g/mol. The van der Waals surface area contributed by atoms with Crippen LogP contribution in [0.5, 0.6) is 0 Å². The molecule has 2 aromatic heterocycles. The lowest BCUT2D eigenvalue weighted by Gasteiger charge is -2.27. The van der Waals surface area contributed by atoms with Gasteiger partial charge < -0.3 is 15.8 Å². The highest BCUT2D eigenvalue weighted by molar-refractivity contribution is 7.17. The van der Waals surface area contributed by atoms with E-state index >= 15 is 0 Å². The van der Waals surface area contributed by atoms with Gasteiger partial charge in [-0.25, -0.2) is 4.79 Å². The van der Waals surface area contributed by atoms with E-state index in [4.69, 9.17) is 10.5 Å². The van der Waals surface area contributed by atoms with E-state index in [0.29, 0.717) is 16.1 Å². The van der Waals surface area contributed by atoms with E-state index in [-0.39, 0.29) is 5.92 Å². The van der Waals surface area contributed by atoms with Gasteiger partial charge in [0.1, 0.15) is 15.9 Å². The molecule has 0 aliphatic carbocycles. The molecule has 1 aliphatic heterocycles. The maximum Gasteiger partial charge on any atom is 0.336 e. The van der Waals surface area contributed by atoms with E-state index in [0.717, 1.165) is 21.1 Å². The molecule has 5 nitrogen and oxygen atoms in total. The molecule has 0 radical (unpaired) electrons. The number of hydrogen-bond donors (Lipinski definition) is 2. The molecule has 1 aliphatic rings. The van der Waals surface area contributed by atoms with Crippen LogP contribution in [0.15, 0.2) is 28.8 Å². The van der Waals surface area contributed by atoms with Crippen LogP contribution < -0.4 is 11.1 Å². The van der Waals surface area contributed by atoms with Crippen LogP contribution in [0.3, 0.4) is 0 Å². The Labute approximate surface area is 135 Å². The third kappa shape index (κ3) is 2.08. The summed E-state index contributed by atoms with van der Waals surface area (Å²) in [5.41, 5.74) is 8.64. The van der Waals surface area contributed by atoms with Gasteiger partial charge in [-0.05, 0) is 18.4 Å². The summed E-state index contributed by atoms with van der Waals surface area (Å²) < 4.78 is 4.94. The molecule has 1 atom stereocenters. The van der Waals surface area contributed by atoms with Gasteiger partial charge in [0.05, 0.1) is 24.3 Å². The van der Waals surface area contributed by atoms with E-state index < -0.39 is 5.97 Å². The number of nitrogens with zero attached hydrogens (tertiary/aromatic N) is 1. The SMILES string of the molecule is COC(=O)C1=C(C)Nc2sc(C#N)c(N)c2[C@@H]1c1cccs1. The highest BCUT2D eigenvalue weighted by Gasteiger charge is 2.37. The number of carbonyl (C=O) groups is 1. The molecular formula is C15H13N3O2S2. The fraction of sp³-hybridized carbons (Fsp3) is 0.200. The van der Waals surface area contributed by atoms with Crippen LogP contribution >= 0.6 is 22.7 Å². The second-order valence-electron chi connectivity index (χ2n) is 4.80. The lowest BCUT2D eigenvalue weighted by molar-refractivity contribution is -0.136. The Hall–Kier alpha value is -2.30. The number of nitriles is 1. The van der Waals surface area contributed by atoms with E-state index in [1.165, 1.54) is 18.4 Å². The smallest absolute Gasteiger partial charge is 0.336 e. The number of esters is 1. The Kier molecular flexibility index (Phi) is 3.64. The number of allylic oxidation sites excluding steroid dienone is 1. The minimum atomic E-state index is -0.391. The zero-order chi connectivity index (χ0) is 15.9. The summed E-state index contributed by atoms with van der Waals surface area (Å²) >= 11 is 2.86. The number of fused-ring (bicyclic) bond motifs is 1. The fourth-order valence-electron chi connectivity index (χ4n) is 2.64. The van der Waals surface area contributed by atoms with Crippen LogP contribution in [-0.4, -0.2) is 13.1 Å². The monoisotopic (exact) mass is 331 g/mol. The predicted molar refractivity (Wildman–Crippen MR) is 87.9 cm³/mol. The summed E-state index contributed by atoms with van der Waals surface area (Å²) in [4.78, 5) is 13.7. The highest BCUT2D eigenvalue weighted by atomic mass is 32.1. The molecule has 3 heterocycles. The number of hydrogen-bond acceptors (Lipinski definition) is 7. The Morgan fingerprint density at radius 3 is 2.91 bits per heavy atom. The standard InChI is InChI=1S/C15H13N3O2S2/c1-7-10(15(19)20-2)11(8-4-3-5-21-8)12-13(17)9(6-16)22-14(12)18-7/h3-5,11,18H,17H2,1-2H3/t11-/m1/s1. The highest BCUT2D eigenvalue weighted by Crippen LogP contribution is 2.50. The van der Waals surface area contributed by atoms with Crippen LogP contribution in [0, 0.1) is 11.3 Å². The number of ether oxygens (including phenoxy) is 1. The second-order valence-corrected chi connectivity index (χ2v) is 6.80. The second kappa shape index (κ2) is 5.48. The van der Waals surface area contributed by atoms with Gasteiger partial charge in [-0.2, -0.15) is 5.26 Å². The summed E-state index contributed by atoms with van der Waals surface area (Å²) in [5.74, 6) is -0.694. The van der Waals surface area contributed by atoms with Crippen molar-refractivity contribution >= 4 is 39.3 Å². The van der Waals surface area contributed by atoms with Crippen molar-refractivity contribution in [3.05, 3.63) is 44.1 Å². The molecule has 0 saturated heterocycles. The van der Waals surface area contributed by atoms with E-state index in [1.54, 1.807) is 11.3 Å². The zero-order valence-electron chi connectivity index (χ0n) is 12.0. The number of methoxy groups -OCH3 is 1. The molecule has 0 fully saturated rings. The van der Waals surface area contributed by atoms with E-state index in [2.05, 4.69) is 11.4 Å². The first-order chi connectivity index (χ1) is 10.6. The quantitative estimate of drug-likeness (QED) is 0.825. The summed E-state index contributed by atoms with van der Waals surface area (Å²) in [6, 6.07) is 6.01. The molecule has 22 heavy (non-hydrogen) atoms. The van der Waals surface area contributed by atoms with Crippen molar-refractivity contribution in [3.8, 4) is 6.07 Å². The maximum atomic E-state index is 12.3. The average Bonchev–Trinajstić information content (AvgIpc) is 3.13. The van der Waals surface area contributed by atoms with Gasteiger partial charge >= 0.3 is 5.97 Å². The summed E-state index contributed by atoms with van der Waals surface area (Å²) in [5, 5.41) is 15.2. The fourth-order valence-corrected chi connectivity index (χ4v) is 4.49. The van der Waals surface area contributed by atoms with Gasteiger partial charge in [0.15, 0.2) is 0 Å². The first kappa shape index (κ1) is 14.6. The molecule has 7 heteroatoms. The Morgan fingerprint density at radius 2 is 2.32 bits per heavy atom. The zero-order valence-corrected chi connectivity index (χ0v) is 13.6. The molecule has 2 aromatic rings. The van der Waals surface area contributed by atoms with Crippen molar-refractivity contribution in [1.29, 1.82) is 5.26 Å². The summed E-state index contributed by atoms with van der Waals surface area (Å²) in [7, 11) is 1.36. The normalized spacial score (nSPS) is 16.7. The first-order valence-electron chi connectivity index (χ1n) is 6.50. The maximum absolute atomic E-state index is 12.3. The lowest BCUT2D eigenvalue weighted by Crippen LogP contribution is -2.23. The number of carbonyl (C=O) groups excluding carboxylic acids is 1. The lowest BCUT2D eigenvalue weighted by atomic mass is 9.86.